The Kier molecular flexibility index (Phi) is 10.7. The van der Waals surface area contributed by atoms with Gasteiger partial charge in [0.1, 0.15) is 22.7 Å². The fourth-order valence-corrected chi connectivity index (χ4v) is 4.53. The van der Waals surface area contributed by atoms with Gasteiger partial charge in [-0.25, -0.2) is 4.79 Å². The number of hydrogen-bond acceptors (Lipinski definition) is 9. The number of rotatable bonds is 10. The second-order valence-electron chi connectivity index (χ2n) is 11.4. The van der Waals surface area contributed by atoms with Crippen LogP contribution >= 0.6 is 0 Å². The number of amides is 2. The van der Waals surface area contributed by atoms with E-state index in [1.807, 2.05) is 20.8 Å². The maximum atomic E-state index is 13.4. The minimum absolute atomic E-state index is 0.0176. The molecule has 3 aromatic rings. The smallest absolute Gasteiger partial charge is 0.407 e. The monoisotopic (exact) mass is 596 g/mol. The van der Waals surface area contributed by atoms with Crippen molar-refractivity contribution in [1.82, 2.24) is 20.5 Å². The van der Waals surface area contributed by atoms with Gasteiger partial charge in [0.05, 0.1) is 23.3 Å². The first kappa shape index (κ1) is 31.8. The molecule has 1 aliphatic rings. The summed E-state index contributed by atoms with van der Waals surface area (Å²) in [5, 5.41) is 24.0. The van der Waals surface area contributed by atoms with Crippen LogP contribution in [-0.2, 0) is 4.74 Å². The van der Waals surface area contributed by atoms with Gasteiger partial charge in [0.2, 0.25) is 11.8 Å². The summed E-state index contributed by atoms with van der Waals surface area (Å²) in [6.07, 6.45) is 1.95. The van der Waals surface area contributed by atoms with E-state index in [-0.39, 0.29) is 29.3 Å². The fourth-order valence-electron chi connectivity index (χ4n) is 4.53. The number of alkyl carbamates (subject to hydrolysis) is 1. The van der Waals surface area contributed by atoms with E-state index in [9.17, 15) is 9.59 Å². The molecule has 11 heteroatoms. The lowest BCUT2D eigenvalue weighted by molar-refractivity contribution is 0.0525. The SMILES string of the molecule is CC(C)(C)OC(=O)NCCCN1CCC(NC(=O)c2ccc(Oc3ccc(C#N)cc3)nc2Oc2ccc(C#N)cc2)CC1. The molecule has 1 fully saturated rings. The third-order valence-corrected chi connectivity index (χ3v) is 6.73. The summed E-state index contributed by atoms with van der Waals surface area (Å²) in [4.78, 5) is 32.0. The lowest BCUT2D eigenvalue weighted by atomic mass is 10.0. The van der Waals surface area contributed by atoms with Crippen LogP contribution < -0.4 is 20.1 Å². The van der Waals surface area contributed by atoms with Gasteiger partial charge < -0.3 is 29.7 Å². The molecule has 0 radical (unpaired) electrons. The van der Waals surface area contributed by atoms with Gasteiger partial charge >= 0.3 is 6.09 Å². The quantitative estimate of drug-likeness (QED) is 0.289. The molecule has 0 aliphatic carbocycles. The van der Waals surface area contributed by atoms with E-state index < -0.39 is 11.7 Å². The van der Waals surface area contributed by atoms with E-state index in [4.69, 9.17) is 24.7 Å². The van der Waals surface area contributed by atoms with Gasteiger partial charge in [0, 0.05) is 31.7 Å². The highest BCUT2D eigenvalue weighted by atomic mass is 16.6. The normalized spacial score (nSPS) is 13.7. The second kappa shape index (κ2) is 14.9. The van der Waals surface area contributed by atoms with Crippen LogP contribution in [0.4, 0.5) is 4.79 Å². The van der Waals surface area contributed by atoms with Crippen LogP contribution in [0.5, 0.6) is 23.3 Å². The van der Waals surface area contributed by atoms with E-state index >= 15 is 0 Å². The molecule has 228 valence electrons. The lowest BCUT2D eigenvalue weighted by Crippen LogP contribution is -2.45. The first-order valence-corrected chi connectivity index (χ1v) is 14.5. The number of aromatic nitrogens is 1. The fraction of sp³-hybridized carbons (Fsp3) is 0.364. The summed E-state index contributed by atoms with van der Waals surface area (Å²) in [6.45, 7) is 8.51. The van der Waals surface area contributed by atoms with Crippen LogP contribution in [0.1, 0.15) is 61.5 Å². The van der Waals surface area contributed by atoms with Gasteiger partial charge in [-0.1, -0.05) is 0 Å². The zero-order valence-electron chi connectivity index (χ0n) is 25.1. The average Bonchev–Trinajstić information content (AvgIpc) is 3.00. The maximum Gasteiger partial charge on any atom is 0.407 e. The third kappa shape index (κ3) is 9.72. The number of pyridine rings is 1. The molecule has 1 saturated heterocycles. The van der Waals surface area contributed by atoms with E-state index in [1.54, 1.807) is 60.7 Å². The van der Waals surface area contributed by atoms with Gasteiger partial charge in [0.15, 0.2) is 0 Å². The molecule has 0 atom stereocenters. The van der Waals surface area contributed by atoms with Crippen molar-refractivity contribution in [2.45, 2.75) is 51.7 Å². The number of carbonyl (C=O) groups excluding carboxylic acids is 2. The number of ether oxygens (including phenoxy) is 3. The molecule has 0 spiro atoms. The zero-order chi connectivity index (χ0) is 31.5. The molecule has 11 nitrogen and oxygen atoms in total. The van der Waals surface area contributed by atoms with Crippen LogP contribution in [0.2, 0.25) is 0 Å². The first-order chi connectivity index (χ1) is 21.1. The third-order valence-electron chi connectivity index (χ3n) is 6.73. The highest BCUT2D eigenvalue weighted by Gasteiger charge is 2.24. The van der Waals surface area contributed by atoms with E-state index in [0.717, 1.165) is 38.9 Å². The average molecular weight is 597 g/mol. The van der Waals surface area contributed by atoms with E-state index in [2.05, 4.69) is 32.7 Å². The van der Waals surface area contributed by atoms with Crippen LogP contribution in [0.3, 0.4) is 0 Å². The second-order valence-corrected chi connectivity index (χ2v) is 11.4. The predicted molar refractivity (Wildman–Crippen MR) is 162 cm³/mol. The van der Waals surface area contributed by atoms with Crippen molar-refractivity contribution in [3.63, 3.8) is 0 Å². The molecular formula is C33H36N6O5. The standard InChI is InChI=1S/C33H36N6O5/c1-33(2,3)44-32(41)36-17-4-18-39-19-15-25(16-20-39)37-30(40)28-13-14-29(42-26-9-5-23(21-34)6-10-26)38-31(28)43-27-11-7-24(22-35)8-12-27/h5-14,25H,4,15-20H2,1-3H3,(H,36,41)(H,37,40). The summed E-state index contributed by atoms with van der Waals surface area (Å²) in [7, 11) is 0. The molecule has 4 rings (SSSR count). The van der Waals surface area contributed by atoms with Gasteiger partial charge in [-0.05, 0) is 101 Å². The van der Waals surface area contributed by atoms with Crippen molar-refractivity contribution in [2.75, 3.05) is 26.2 Å². The van der Waals surface area contributed by atoms with Crippen LogP contribution in [0, 0.1) is 22.7 Å². The number of carbonyl (C=O) groups is 2. The number of benzene rings is 2. The molecule has 2 amide bonds. The Morgan fingerprint density at radius 1 is 0.909 bits per heavy atom. The number of hydrogen-bond donors (Lipinski definition) is 2. The molecule has 2 heterocycles. The molecule has 0 saturated carbocycles. The molecule has 44 heavy (non-hydrogen) atoms. The highest BCUT2D eigenvalue weighted by Crippen LogP contribution is 2.29. The summed E-state index contributed by atoms with van der Waals surface area (Å²) < 4.78 is 17.1. The number of nitrogens with one attached hydrogen (secondary N) is 2. The summed E-state index contributed by atoms with van der Waals surface area (Å²) in [6, 6.07) is 20.4. The van der Waals surface area contributed by atoms with Crippen molar-refractivity contribution < 1.29 is 23.8 Å². The van der Waals surface area contributed by atoms with Gasteiger partial charge in [-0.3, -0.25) is 4.79 Å². The predicted octanol–water partition coefficient (Wildman–Crippen LogP) is 5.52. The molecule has 2 N–H and O–H groups in total. The molecule has 0 bridgehead atoms. The van der Waals surface area contributed by atoms with Crippen molar-refractivity contribution in [2.24, 2.45) is 0 Å². The molecule has 1 aliphatic heterocycles. The minimum Gasteiger partial charge on any atom is -0.444 e. The van der Waals surface area contributed by atoms with Gasteiger partial charge in [0.25, 0.3) is 5.91 Å². The Morgan fingerprint density at radius 3 is 2.07 bits per heavy atom. The van der Waals surface area contributed by atoms with Gasteiger partial charge in [-0.15, -0.1) is 0 Å². The van der Waals surface area contributed by atoms with Crippen LogP contribution in [-0.4, -0.2) is 59.7 Å². The first-order valence-electron chi connectivity index (χ1n) is 14.5. The van der Waals surface area contributed by atoms with E-state index in [0.29, 0.717) is 29.2 Å². The van der Waals surface area contributed by atoms with Crippen molar-refractivity contribution in [1.29, 1.82) is 10.5 Å². The van der Waals surface area contributed by atoms with Gasteiger partial charge in [-0.2, -0.15) is 15.5 Å². The Bertz CT molecular complexity index is 1510. The number of piperidine rings is 1. The highest BCUT2D eigenvalue weighted by molar-refractivity contribution is 5.96. The van der Waals surface area contributed by atoms with Crippen molar-refractivity contribution in [3.05, 3.63) is 77.4 Å². The Balaban J connectivity index is 1.35. The maximum absolute atomic E-state index is 13.4. The van der Waals surface area contributed by atoms with Crippen LogP contribution in [0.15, 0.2) is 60.7 Å². The number of nitriles is 2. The summed E-state index contributed by atoms with van der Waals surface area (Å²) >= 11 is 0. The number of likely N-dealkylation sites (tertiary alicyclic amines) is 1. The number of nitrogens with zero attached hydrogens (tertiary/aromatic N) is 4. The zero-order valence-corrected chi connectivity index (χ0v) is 25.1. The van der Waals surface area contributed by atoms with Crippen molar-refractivity contribution >= 4 is 12.0 Å². The molecule has 2 aromatic carbocycles. The molecular weight excluding hydrogens is 560 g/mol. The Labute approximate surface area is 257 Å². The largest absolute Gasteiger partial charge is 0.444 e. The van der Waals surface area contributed by atoms with Crippen LogP contribution in [0.25, 0.3) is 0 Å². The lowest BCUT2D eigenvalue weighted by Gasteiger charge is -2.32. The molecule has 1 aromatic heterocycles. The summed E-state index contributed by atoms with van der Waals surface area (Å²) in [5.74, 6) is 0.852. The summed E-state index contributed by atoms with van der Waals surface area (Å²) in [5.41, 5.74) is 0.706. The van der Waals surface area contributed by atoms with E-state index in [1.165, 1.54) is 0 Å². The van der Waals surface area contributed by atoms with Crippen molar-refractivity contribution in [3.8, 4) is 35.4 Å². The topological polar surface area (TPSA) is 150 Å². The Hall–Kier alpha value is -5.13. The Morgan fingerprint density at radius 2 is 1.50 bits per heavy atom. The minimum atomic E-state index is -0.523. The molecule has 0 unspecified atom stereocenters.